The van der Waals surface area contributed by atoms with Gasteiger partial charge in [0, 0.05) is 30.8 Å². The molecule has 1 fully saturated rings. The van der Waals surface area contributed by atoms with E-state index in [0.717, 1.165) is 29.7 Å². The largest absolute Gasteiger partial charge is 0.323 e. The van der Waals surface area contributed by atoms with Crippen LogP contribution in [-0.2, 0) is 6.54 Å². The summed E-state index contributed by atoms with van der Waals surface area (Å²) in [6, 6.07) is 5.53. The molecular weight excluding hydrogens is 240 g/mol. The Bertz CT molecular complexity index is 533. The second-order valence-corrected chi connectivity index (χ2v) is 5.50. The summed E-state index contributed by atoms with van der Waals surface area (Å²) in [5.41, 5.74) is 2.63. The highest BCUT2D eigenvalue weighted by molar-refractivity contribution is 5.99. The van der Waals surface area contributed by atoms with Gasteiger partial charge in [-0.1, -0.05) is 12.8 Å². The maximum Gasteiger partial charge on any atom is 0.321 e. The van der Waals surface area contributed by atoms with E-state index in [2.05, 4.69) is 5.32 Å². The van der Waals surface area contributed by atoms with Gasteiger partial charge in [-0.05, 0) is 36.6 Å². The Balaban J connectivity index is 1.87. The molecule has 1 saturated carbocycles. The van der Waals surface area contributed by atoms with Crippen molar-refractivity contribution in [3.63, 3.8) is 0 Å². The molecule has 0 unspecified atom stereocenters. The molecular formula is C15H18N2O2. The number of nitrogens with zero attached hydrogens (tertiary/aromatic N) is 1. The van der Waals surface area contributed by atoms with Crippen molar-refractivity contribution in [2.24, 2.45) is 5.92 Å². The molecule has 0 aromatic heterocycles. The number of carbonyl (C=O) groups is 2. The van der Waals surface area contributed by atoms with E-state index in [0.29, 0.717) is 6.54 Å². The summed E-state index contributed by atoms with van der Waals surface area (Å²) in [6.45, 7) is 0.562. The number of anilines is 1. The third-order valence-electron chi connectivity index (χ3n) is 4.11. The molecule has 1 aliphatic heterocycles. The number of rotatable bonds is 2. The molecule has 0 saturated heterocycles. The average Bonchev–Trinajstić information content (AvgIpc) is 2.93. The standard InChI is InChI=1S/C15H18N2O2/c1-17-9-12-8-11(6-7-13(12)16-15(17)19)14(18)10-4-2-3-5-10/h6-8,10H,2-5,9H2,1H3,(H,16,19). The molecule has 2 amide bonds. The van der Waals surface area contributed by atoms with Crippen molar-refractivity contribution in [1.29, 1.82) is 0 Å². The summed E-state index contributed by atoms with van der Waals surface area (Å²) in [4.78, 5) is 25.5. The van der Waals surface area contributed by atoms with Crippen LogP contribution in [0.1, 0.15) is 41.6 Å². The number of urea groups is 1. The van der Waals surface area contributed by atoms with Crippen LogP contribution in [0.25, 0.3) is 0 Å². The van der Waals surface area contributed by atoms with Crippen molar-refractivity contribution in [2.45, 2.75) is 32.2 Å². The highest BCUT2D eigenvalue weighted by Crippen LogP contribution is 2.30. The third kappa shape index (κ3) is 2.23. The van der Waals surface area contributed by atoms with Gasteiger partial charge < -0.3 is 10.2 Å². The van der Waals surface area contributed by atoms with Gasteiger partial charge in [-0.15, -0.1) is 0 Å². The van der Waals surface area contributed by atoms with Gasteiger partial charge in [0.1, 0.15) is 0 Å². The Morgan fingerprint density at radius 3 is 2.79 bits per heavy atom. The van der Waals surface area contributed by atoms with Crippen LogP contribution in [0.2, 0.25) is 0 Å². The summed E-state index contributed by atoms with van der Waals surface area (Å²) >= 11 is 0. The molecule has 1 aromatic rings. The number of carbonyl (C=O) groups excluding carboxylic acids is 2. The maximum atomic E-state index is 12.4. The number of hydrogen-bond acceptors (Lipinski definition) is 2. The minimum absolute atomic E-state index is 0.0950. The second-order valence-electron chi connectivity index (χ2n) is 5.50. The molecule has 100 valence electrons. The van der Waals surface area contributed by atoms with Crippen LogP contribution < -0.4 is 5.32 Å². The first-order valence-electron chi connectivity index (χ1n) is 6.84. The SMILES string of the molecule is CN1Cc2cc(C(=O)C3CCCC3)ccc2NC1=O. The van der Waals surface area contributed by atoms with Crippen LogP contribution in [0.15, 0.2) is 18.2 Å². The lowest BCUT2D eigenvalue weighted by molar-refractivity contribution is 0.0923. The Morgan fingerprint density at radius 1 is 1.32 bits per heavy atom. The number of amides is 2. The predicted octanol–water partition coefficient (Wildman–Crippen LogP) is 3.04. The van der Waals surface area contributed by atoms with Gasteiger partial charge in [0.15, 0.2) is 5.78 Å². The van der Waals surface area contributed by atoms with Gasteiger partial charge in [0.25, 0.3) is 0 Å². The zero-order valence-electron chi connectivity index (χ0n) is 11.1. The van der Waals surface area contributed by atoms with Crippen molar-refractivity contribution in [2.75, 3.05) is 12.4 Å². The molecule has 4 heteroatoms. The predicted molar refractivity (Wildman–Crippen MR) is 73.2 cm³/mol. The summed E-state index contributed by atoms with van der Waals surface area (Å²) in [7, 11) is 1.75. The molecule has 2 aliphatic rings. The molecule has 19 heavy (non-hydrogen) atoms. The van der Waals surface area contributed by atoms with Crippen LogP contribution in [-0.4, -0.2) is 23.8 Å². The van der Waals surface area contributed by atoms with E-state index in [-0.39, 0.29) is 17.7 Å². The van der Waals surface area contributed by atoms with E-state index in [1.54, 1.807) is 11.9 Å². The first-order chi connectivity index (χ1) is 9.15. The van der Waals surface area contributed by atoms with Crippen LogP contribution in [0.4, 0.5) is 10.5 Å². The molecule has 0 radical (unpaired) electrons. The zero-order chi connectivity index (χ0) is 13.4. The van der Waals surface area contributed by atoms with Crippen LogP contribution >= 0.6 is 0 Å². The van der Waals surface area contributed by atoms with E-state index in [9.17, 15) is 9.59 Å². The summed E-state index contributed by atoms with van der Waals surface area (Å²) in [6.07, 6.45) is 4.37. The quantitative estimate of drug-likeness (QED) is 0.829. The van der Waals surface area contributed by atoms with E-state index in [1.807, 2.05) is 18.2 Å². The number of hydrogen-bond donors (Lipinski definition) is 1. The molecule has 0 atom stereocenters. The fourth-order valence-electron chi connectivity index (χ4n) is 2.96. The van der Waals surface area contributed by atoms with E-state index in [1.165, 1.54) is 12.8 Å². The summed E-state index contributed by atoms with van der Waals surface area (Å²) in [5, 5.41) is 2.82. The van der Waals surface area contributed by atoms with Crippen LogP contribution in [0.5, 0.6) is 0 Å². The highest BCUT2D eigenvalue weighted by atomic mass is 16.2. The first-order valence-corrected chi connectivity index (χ1v) is 6.84. The van der Waals surface area contributed by atoms with E-state index >= 15 is 0 Å². The molecule has 0 bridgehead atoms. The lowest BCUT2D eigenvalue weighted by Crippen LogP contribution is -2.35. The third-order valence-corrected chi connectivity index (χ3v) is 4.11. The Hall–Kier alpha value is -1.84. The molecule has 4 nitrogen and oxygen atoms in total. The fraction of sp³-hybridized carbons (Fsp3) is 0.467. The lowest BCUT2D eigenvalue weighted by Gasteiger charge is -2.26. The summed E-state index contributed by atoms with van der Waals surface area (Å²) in [5.74, 6) is 0.466. The number of fused-ring (bicyclic) bond motifs is 1. The van der Waals surface area contributed by atoms with Gasteiger partial charge in [0.2, 0.25) is 0 Å². The second kappa shape index (κ2) is 4.68. The van der Waals surface area contributed by atoms with Crippen molar-refractivity contribution < 1.29 is 9.59 Å². The number of Topliss-reactive ketones (excluding diaryl/α,β-unsaturated/α-hetero) is 1. The minimum atomic E-state index is -0.0950. The number of nitrogens with one attached hydrogen (secondary N) is 1. The normalized spacial score (nSPS) is 19.2. The van der Waals surface area contributed by atoms with Gasteiger partial charge in [-0.3, -0.25) is 4.79 Å². The lowest BCUT2D eigenvalue weighted by atomic mass is 9.94. The van der Waals surface area contributed by atoms with Crippen molar-refractivity contribution in [3.05, 3.63) is 29.3 Å². The number of ketones is 1. The van der Waals surface area contributed by atoms with Crippen molar-refractivity contribution >= 4 is 17.5 Å². The van der Waals surface area contributed by atoms with E-state index < -0.39 is 0 Å². The Kier molecular flexibility index (Phi) is 3.01. The number of benzene rings is 1. The summed E-state index contributed by atoms with van der Waals surface area (Å²) < 4.78 is 0. The van der Waals surface area contributed by atoms with Gasteiger partial charge in [-0.25, -0.2) is 4.79 Å². The molecule has 1 aromatic carbocycles. The Labute approximate surface area is 112 Å². The van der Waals surface area contributed by atoms with Crippen molar-refractivity contribution in [1.82, 2.24) is 4.90 Å². The Morgan fingerprint density at radius 2 is 2.05 bits per heavy atom. The molecule has 1 aliphatic carbocycles. The zero-order valence-corrected chi connectivity index (χ0v) is 11.1. The maximum absolute atomic E-state index is 12.4. The molecule has 1 heterocycles. The molecule has 1 N–H and O–H groups in total. The first kappa shape index (κ1) is 12.2. The van der Waals surface area contributed by atoms with Crippen LogP contribution in [0.3, 0.4) is 0 Å². The van der Waals surface area contributed by atoms with Gasteiger partial charge >= 0.3 is 6.03 Å². The average molecular weight is 258 g/mol. The monoisotopic (exact) mass is 258 g/mol. The van der Waals surface area contributed by atoms with Crippen molar-refractivity contribution in [3.8, 4) is 0 Å². The smallest absolute Gasteiger partial charge is 0.321 e. The van der Waals surface area contributed by atoms with Crippen LogP contribution in [0, 0.1) is 5.92 Å². The topological polar surface area (TPSA) is 49.4 Å². The van der Waals surface area contributed by atoms with E-state index in [4.69, 9.17) is 0 Å². The minimum Gasteiger partial charge on any atom is -0.323 e. The molecule has 0 spiro atoms. The fourth-order valence-corrected chi connectivity index (χ4v) is 2.96. The van der Waals surface area contributed by atoms with Gasteiger partial charge in [0.05, 0.1) is 0 Å². The van der Waals surface area contributed by atoms with Gasteiger partial charge in [-0.2, -0.15) is 0 Å². The molecule has 3 rings (SSSR count). The highest BCUT2D eigenvalue weighted by Gasteiger charge is 2.25.